The third kappa shape index (κ3) is 6.58. The van der Waals surface area contributed by atoms with Crippen molar-refractivity contribution in [2.75, 3.05) is 0 Å². The van der Waals surface area contributed by atoms with E-state index in [1.807, 2.05) is 12.1 Å². The summed E-state index contributed by atoms with van der Waals surface area (Å²) in [5.41, 5.74) is 4.59. The third-order valence-electron chi connectivity index (χ3n) is 4.04. The van der Waals surface area contributed by atoms with E-state index in [4.69, 9.17) is 4.74 Å². The number of nitrogens with one attached hydrogen (secondary N) is 1. The number of nitro benzene ring substituents is 1. The van der Waals surface area contributed by atoms with Crippen LogP contribution in [0.2, 0.25) is 0 Å². The number of rotatable bonds is 7. The van der Waals surface area contributed by atoms with E-state index >= 15 is 0 Å². The summed E-state index contributed by atoms with van der Waals surface area (Å²) < 4.78 is 8.26. The number of halogens is 3. The zero-order valence-corrected chi connectivity index (χ0v) is 21.0. The summed E-state index contributed by atoms with van der Waals surface area (Å²) in [7, 11) is 0. The van der Waals surface area contributed by atoms with Crippen LogP contribution in [0.4, 0.5) is 5.69 Å². The minimum Gasteiger partial charge on any atom is -0.487 e. The molecule has 0 aliphatic rings. The number of ether oxygens (including phenoxy) is 1. The molecule has 0 atom stereocenters. The number of nitro groups is 1. The first-order valence-corrected chi connectivity index (χ1v) is 11.4. The molecule has 10 heteroatoms. The maximum atomic E-state index is 12.1. The molecular weight excluding hydrogens is 645 g/mol. The Morgan fingerprint density at radius 2 is 1.71 bits per heavy atom. The first-order valence-electron chi connectivity index (χ1n) is 8.77. The Morgan fingerprint density at radius 3 is 2.29 bits per heavy atom. The molecule has 0 saturated carbocycles. The zero-order chi connectivity index (χ0) is 22.4. The van der Waals surface area contributed by atoms with Gasteiger partial charge in [-0.2, -0.15) is 5.10 Å². The second kappa shape index (κ2) is 10.8. The van der Waals surface area contributed by atoms with Crippen LogP contribution in [0.5, 0.6) is 5.75 Å². The van der Waals surface area contributed by atoms with Gasteiger partial charge in [0.1, 0.15) is 12.4 Å². The van der Waals surface area contributed by atoms with E-state index in [0.717, 1.165) is 14.7 Å². The van der Waals surface area contributed by atoms with Gasteiger partial charge in [-0.1, -0.05) is 0 Å². The fraction of sp³-hybridized carbons (Fsp3) is 0.0476. The van der Waals surface area contributed by atoms with Crippen LogP contribution in [-0.4, -0.2) is 17.0 Å². The van der Waals surface area contributed by atoms with Crippen LogP contribution >= 0.6 is 54.5 Å². The summed E-state index contributed by atoms with van der Waals surface area (Å²) in [5.74, 6) is 0.284. The van der Waals surface area contributed by atoms with Gasteiger partial charge >= 0.3 is 0 Å². The smallest absolute Gasteiger partial charge is 0.271 e. The summed E-state index contributed by atoms with van der Waals surface area (Å²) in [6, 6.07) is 16.9. The molecule has 0 unspecified atom stereocenters. The third-order valence-corrected chi connectivity index (χ3v) is 5.93. The molecule has 3 aromatic carbocycles. The van der Waals surface area contributed by atoms with Gasteiger partial charge in [-0.3, -0.25) is 14.9 Å². The molecule has 0 radical (unpaired) electrons. The van der Waals surface area contributed by atoms with E-state index in [1.54, 1.807) is 36.4 Å². The predicted molar refractivity (Wildman–Crippen MR) is 133 cm³/mol. The monoisotopic (exact) mass is 657 g/mol. The van der Waals surface area contributed by atoms with Crippen LogP contribution in [0, 0.1) is 13.7 Å². The number of hydrogen-bond acceptors (Lipinski definition) is 5. The van der Waals surface area contributed by atoms with Gasteiger partial charge in [0.15, 0.2) is 0 Å². The van der Waals surface area contributed by atoms with Crippen molar-refractivity contribution < 1.29 is 14.5 Å². The fourth-order valence-electron chi connectivity index (χ4n) is 2.49. The maximum Gasteiger partial charge on any atom is 0.271 e. The Bertz CT molecular complexity index is 1110. The van der Waals surface area contributed by atoms with Gasteiger partial charge in [0.2, 0.25) is 0 Å². The Kier molecular flexibility index (Phi) is 8.15. The predicted octanol–water partition coefficient (Wildman–Crippen LogP) is 6.07. The molecule has 1 N–H and O–H groups in total. The number of amides is 1. The fourth-order valence-corrected chi connectivity index (χ4v) is 4.30. The first-order chi connectivity index (χ1) is 14.8. The second-order valence-electron chi connectivity index (χ2n) is 6.23. The van der Waals surface area contributed by atoms with Crippen LogP contribution in [0.3, 0.4) is 0 Å². The van der Waals surface area contributed by atoms with E-state index in [0.29, 0.717) is 20.3 Å². The summed E-state index contributed by atoms with van der Waals surface area (Å²) in [6.07, 6.45) is 1.53. The highest BCUT2D eigenvalue weighted by Gasteiger charge is 2.10. The van der Waals surface area contributed by atoms with Crippen LogP contribution in [0.15, 0.2) is 74.7 Å². The number of hydrogen-bond donors (Lipinski definition) is 1. The van der Waals surface area contributed by atoms with Crippen molar-refractivity contribution in [2.24, 2.45) is 5.10 Å². The summed E-state index contributed by atoms with van der Waals surface area (Å²) >= 11 is 9.12. The highest BCUT2D eigenvalue weighted by molar-refractivity contribution is 14.1. The van der Waals surface area contributed by atoms with Crippen molar-refractivity contribution in [1.82, 2.24) is 5.43 Å². The maximum absolute atomic E-state index is 12.1. The highest BCUT2D eigenvalue weighted by atomic mass is 127. The first kappa shape index (κ1) is 23.4. The van der Waals surface area contributed by atoms with Gasteiger partial charge in [-0.15, -0.1) is 0 Å². The SMILES string of the molecule is O=C(N/N=C\c1cc(Br)c(OCc2ccc([N+](=O)[O-])cc2)c(Br)c1)c1ccc(I)cc1. The minimum atomic E-state index is -0.443. The number of nitrogens with zero attached hydrogens (tertiary/aromatic N) is 2. The summed E-state index contributed by atoms with van der Waals surface area (Å²) in [4.78, 5) is 22.4. The van der Waals surface area contributed by atoms with Crippen molar-refractivity contribution in [3.05, 3.63) is 100.0 Å². The van der Waals surface area contributed by atoms with Gasteiger partial charge in [-0.25, -0.2) is 5.43 Å². The Hall–Kier alpha value is -2.31. The van der Waals surface area contributed by atoms with Crippen LogP contribution < -0.4 is 10.2 Å². The molecule has 3 rings (SSSR count). The Labute approximate surface area is 208 Å². The molecule has 31 heavy (non-hydrogen) atoms. The molecule has 0 bridgehead atoms. The van der Waals surface area contributed by atoms with Crippen molar-refractivity contribution in [3.8, 4) is 5.75 Å². The van der Waals surface area contributed by atoms with Gasteiger partial charge in [0.25, 0.3) is 11.6 Å². The minimum absolute atomic E-state index is 0.0314. The number of benzene rings is 3. The molecule has 0 fully saturated rings. The Morgan fingerprint density at radius 1 is 1.10 bits per heavy atom. The lowest BCUT2D eigenvalue weighted by atomic mass is 10.2. The molecule has 3 aromatic rings. The molecule has 0 spiro atoms. The lowest BCUT2D eigenvalue weighted by Gasteiger charge is -2.11. The van der Waals surface area contributed by atoms with Gasteiger partial charge < -0.3 is 4.74 Å². The Balaban J connectivity index is 1.62. The lowest BCUT2D eigenvalue weighted by Crippen LogP contribution is -2.17. The zero-order valence-electron chi connectivity index (χ0n) is 15.7. The van der Waals surface area contributed by atoms with Crippen molar-refractivity contribution in [3.63, 3.8) is 0 Å². The molecule has 0 aromatic heterocycles. The van der Waals surface area contributed by atoms with E-state index in [-0.39, 0.29) is 18.2 Å². The number of non-ortho nitro benzene ring substituents is 1. The molecule has 158 valence electrons. The van der Waals surface area contributed by atoms with Crippen LogP contribution in [-0.2, 0) is 6.61 Å². The van der Waals surface area contributed by atoms with Gasteiger partial charge in [0.05, 0.1) is 20.1 Å². The van der Waals surface area contributed by atoms with Crippen molar-refractivity contribution >= 4 is 72.3 Å². The van der Waals surface area contributed by atoms with Crippen LogP contribution in [0.1, 0.15) is 21.5 Å². The van der Waals surface area contributed by atoms with Gasteiger partial charge in [0, 0.05) is 21.3 Å². The van der Waals surface area contributed by atoms with E-state index in [2.05, 4.69) is 65.0 Å². The molecular formula is C21H14Br2IN3O4. The number of carbonyl (C=O) groups excluding carboxylic acids is 1. The average Bonchev–Trinajstić information content (AvgIpc) is 2.74. The molecule has 7 nitrogen and oxygen atoms in total. The normalized spacial score (nSPS) is 10.8. The molecule has 0 saturated heterocycles. The van der Waals surface area contributed by atoms with Crippen molar-refractivity contribution in [1.29, 1.82) is 0 Å². The number of hydrazone groups is 1. The molecule has 0 aliphatic carbocycles. The van der Waals surface area contributed by atoms with Gasteiger partial charge in [-0.05, 0) is 114 Å². The summed E-state index contributed by atoms with van der Waals surface area (Å²) in [5, 5.41) is 14.7. The molecule has 0 heterocycles. The van der Waals surface area contributed by atoms with Crippen molar-refractivity contribution in [2.45, 2.75) is 6.61 Å². The largest absolute Gasteiger partial charge is 0.487 e. The average molecular weight is 659 g/mol. The standard InChI is InChI=1S/C21H14Br2IN3O4/c22-18-9-14(11-25-26-21(28)15-3-5-16(24)6-4-15)10-19(23)20(18)31-12-13-1-7-17(8-2-13)27(29)30/h1-11H,12H2,(H,26,28)/b25-11-. The summed E-state index contributed by atoms with van der Waals surface area (Å²) in [6.45, 7) is 0.245. The number of carbonyl (C=O) groups is 1. The van der Waals surface area contributed by atoms with E-state index in [1.165, 1.54) is 18.3 Å². The lowest BCUT2D eigenvalue weighted by molar-refractivity contribution is -0.384. The van der Waals surface area contributed by atoms with E-state index in [9.17, 15) is 14.9 Å². The quantitative estimate of drug-likeness (QED) is 0.144. The second-order valence-corrected chi connectivity index (χ2v) is 9.19. The molecule has 0 aliphatic heterocycles. The highest BCUT2D eigenvalue weighted by Crippen LogP contribution is 2.35. The van der Waals surface area contributed by atoms with Crippen LogP contribution in [0.25, 0.3) is 0 Å². The molecule has 1 amide bonds. The van der Waals surface area contributed by atoms with E-state index < -0.39 is 4.92 Å². The topological polar surface area (TPSA) is 93.8 Å².